The summed E-state index contributed by atoms with van der Waals surface area (Å²) in [5.74, 6) is -1.16. The van der Waals surface area contributed by atoms with E-state index in [0.717, 1.165) is 25.7 Å². The number of carbonyl (C=O) groups is 3. The van der Waals surface area contributed by atoms with Crippen LogP contribution < -0.4 is 5.32 Å². The third kappa shape index (κ3) is 4.92. The predicted octanol–water partition coefficient (Wildman–Crippen LogP) is 0.141. The molecule has 130 valence electrons. The van der Waals surface area contributed by atoms with Crippen molar-refractivity contribution in [3.63, 3.8) is 0 Å². The van der Waals surface area contributed by atoms with Gasteiger partial charge in [-0.3, -0.25) is 19.3 Å². The van der Waals surface area contributed by atoms with E-state index in [0.29, 0.717) is 32.8 Å². The van der Waals surface area contributed by atoms with Crippen molar-refractivity contribution in [3.8, 4) is 0 Å². The summed E-state index contributed by atoms with van der Waals surface area (Å²) in [4.78, 5) is 39.6. The van der Waals surface area contributed by atoms with Gasteiger partial charge < -0.3 is 15.0 Å². The molecule has 1 N–H and O–H groups in total. The Labute approximate surface area is 137 Å². The first-order chi connectivity index (χ1) is 11.1. The second kappa shape index (κ2) is 8.29. The summed E-state index contributed by atoms with van der Waals surface area (Å²) >= 11 is 0. The quantitative estimate of drug-likeness (QED) is 0.555. The van der Waals surface area contributed by atoms with Crippen LogP contribution in [0.5, 0.6) is 0 Å². The highest BCUT2D eigenvalue weighted by Crippen LogP contribution is 2.19. The average molecular weight is 325 g/mol. The fourth-order valence-electron chi connectivity index (χ4n) is 2.82. The number of esters is 1. The number of piperazine rings is 1. The molecular formula is C16H27N3O4. The zero-order valence-corrected chi connectivity index (χ0v) is 14.0. The van der Waals surface area contributed by atoms with Crippen LogP contribution in [-0.2, 0) is 19.1 Å². The van der Waals surface area contributed by atoms with E-state index in [4.69, 9.17) is 4.74 Å². The van der Waals surface area contributed by atoms with E-state index in [2.05, 4.69) is 10.2 Å². The Hall–Kier alpha value is -1.63. The molecule has 1 saturated heterocycles. The molecule has 0 spiro atoms. The molecule has 0 radical (unpaired) electrons. The summed E-state index contributed by atoms with van der Waals surface area (Å²) in [6.45, 7) is 6.33. The summed E-state index contributed by atoms with van der Waals surface area (Å²) < 4.78 is 5.15. The third-order valence-corrected chi connectivity index (χ3v) is 4.27. The highest BCUT2D eigenvalue weighted by atomic mass is 16.5. The van der Waals surface area contributed by atoms with Crippen LogP contribution in [0.4, 0.5) is 0 Å². The smallest absolute Gasteiger partial charge is 0.323 e. The Morgan fingerprint density at radius 1 is 1.13 bits per heavy atom. The molecule has 0 unspecified atom stereocenters. The van der Waals surface area contributed by atoms with Crippen molar-refractivity contribution < 1.29 is 19.1 Å². The molecule has 2 aliphatic rings. The van der Waals surface area contributed by atoms with Gasteiger partial charge in [0.1, 0.15) is 6.04 Å². The van der Waals surface area contributed by atoms with E-state index in [1.54, 1.807) is 11.8 Å². The summed E-state index contributed by atoms with van der Waals surface area (Å²) in [6.07, 6.45) is 3.57. The molecule has 1 aliphatic heterocycles. The van der Waals surface area contributed by atoms with Gasteiger partial charge in [-0.15, -0.1) is 0 Å². The van der Waals surface area contributed by atoms with Gasteiger partial charge in [0.2, 0.25) is 0 Å². The molecule has 7 heteroatoms. The van der Waals surface area contributed by atoms with Crippen molar-refractivity contribution >= 4 is 17.8 Å². The van der Waals surface area contributed by atoms with Crippen molar-refractivity contribution in [1.29, 1.82) is 0 Å². The van der Waals surface area contributed by atoms with Crippen LogP contribution in [0.1, 0.15) is 39.5 Å². The molecule has 0 aromatic rings. The predicted molar refractivity (Wildman–Crippen MR) is 84.6 cm³/mol. The summed E-state index contributed by atoms with van der Waals surface area (Å²) in [5, 5.41) is 2.72. The molecule has 7 nitrogen and oxygen atoms in total. The SMILES string of the molecule is CCC[C@H](C(=O)OCC)N1CCN(C(=O)C(=O)NC2CC2)CC1. The minimum atomic E-state index is -0.503. The van der Waals surface area contributed by atoms with Gasteiger partial charge in [-0.05, 0) is 26.2 Å². The number of rotatable bonds is 6. The van der Waals surface area contributed by atoms with Gasteiger partial charge in [0, 0.05) is 32.2 Å². The van der Waals surface area contributed by atoms with Crippen molar-refractivity contribution in [2.45, 2.75) is 51.6 Å². The zero-order chi connectivity index (χ0) is 16.8. The number of carbonyl (C=O) groups excluding carboxylic acids is 3. The van der Waals surface area contributed by atoms with E-state index < -0.39 is 11.8 Å². The van der Waals surface area contributed by atoms with Crippen molar-refractivity contribution in [3.05, 3.63) is 0 Å². The second-order valence-corrected chi connectivity index (χ2v) is 6.13. The maximum atomic E-state index is 12.1. The monoisotopic (exact) mass is 325 g/mol. The molecule has 1 saturated carbocycles. The van der Waals surface area contributed by atoms with Gasteiger partial charge in [-0.1, -0.05) is 13.3 Å². The third-order valence-electron chi connectivity index (χ3n) is 4.27. The zero-order valence-electron chi connectivity index (χ0n) is 14.0. The molecule has 23 heavy (non-hydrogen) atoms. The second-order valence-electron chi connectivity index (χ2n) is 6.13. The molecule has 0 aromatic heterocycles. The van der Waals surface area contributed by atoms with Crippen LogP contribution in [0, 0.1) is 0 Å². The fraction of sp³-hybridized carbons (Fsp3) is 0.812. The Balaban J connectivity index is 1.84. The van der Waals surface area contributed by atoms with Crippen molar-refractivity contribution in [1.82, 2.24) is 15.1 Å². The molecule has 1 heterocycles. The average Bonchev–Trinajstić information content (AvgIpc) is 3.36. The highest BCUT2D eigenvalue weighted by Gasteiger charge is 2.33. The Kier molecular flexibility index (Phi) is 6.38. The van der Waals surface area contributed by atoms with E-state index in [1.807, 2.05) is 6.92 Å². The fourth-order valence-corrected chi connectivity index (χ4v) is 2.82. The maximum Gasteiger partial charge on any atom is 0.323 e. The lowest BCUT2D eigenvalue weighted by Crippen LogP contribution is -2.56. The van der Waals surface area contributed by atoms with Gasteiger partial charge in [0.15, 0.2) is 0 Å². The molecule has 1 aliphatic carbocycles. The molecule has 2 rings (SSSR count). The molecule has 1 atom stereocenters. The minimum absolute atomic E-state index is 0.186. The van der Waals surface area contributed by atoms with Crippen molar-refractivity contribution in [2.75, 3.05) is 32.8 Å². The Morgan fingerprint density at radius 3 is 2.30 bits per heavy atom. The van der Waals surface area contributed by atoms with Gasteiger partial charge >= 0.3 is 17.8 Å². The molecule has 2 amide bonds. The van der Waals surface area contributed by atoms with E-state index in [1.165, 1.54) is 0 Å². The van der Waals surface area contributed by atoms with Crippen LogP contribution in [0.25, 0.3) is 0 Å². The van der Waals surface area contributed by atoms with Gasteiger partial charge in [0.05, 0.1) is 6.61 Å². The number of hydrogen-bond acceptors (Lipinski definition) is 5. The number of nitrogens with zero attached hydrogens (tertiary/aromatic N) is 2. The van der Waals surface area contributed by atoms with E-state index in [-0.39, 0.29) is 18.1 Å². The first-order valence-corrected chi connectivity index (χ1v) is 8.57. The largest absolute Gasteiger partial charge is 0.465 e. The standard InChI is InChI=1S/C16H27N3O4/c1-3-5-13(16(22)23-4-2)18-8-10-19(11-9-18)15(21)14(20)17-12-6-7-12/h12-13H,3-11H2,1-2H3,(H,17,20)/t13-/m1/s1. The van der Waals surface area contributed by atoms with Gasteiger partial charge in [-0.25, -0.2) is 0 Å². The topological polar surface area (TPSA) is 79.0 Å². The van der Waals surface area contributed by atoms with Gasteiger partial charge in [0.25, 0.3) is 0 Å². The van der Waals surface area contributed by atoms with Crippen LogP contribution >= 0.6 is 0 Å². The van der Waals surface area contributed by atoms with Crippen LogP contribution in [0.15, 0.2) is 0 Å². The van der Waals surface area contributed by atoms with Crippen LogP contribution in [0.2, 0.25) is 0 Å². The highest BCUT2D eigenvalue weighted by molar-refractivity contribution is 6.35. The number of nitrogens with one attached hydrogen (secondary N) is 1. The lowest BCUT2D eigenvalue weighted by molar-refractivity contribution is -0.152. The van der Waals surface area contributed by atoms with Crippen LogP contribution in [-0.4, -0.2) is 72.5 Å². The normalized spacial score (nSPS) is 20.0. The lowest BCUT2D eigenvalue weighted by Gasteiger charge is -2.37. The summed E-state index contributed by atoms with van der Waals surface area (Å²) in [5.41, 5.74) is 0. The van der Waals surface area contributed by atoms with E-state index in [9.17, 15) is 14.4 Å². The first-order valence-electron chi connectivity index (χ1n) is 8.57. The molecule has 0 aromatic carbocycles. The number of amides is 2. The summed E-state index contributed by atoms with van der Waals surface area (Å²) in [7, 11) is 0. The lowest BCUT2D eigenvalue weighted by atomic mass is 10.1. The Bertz CT molecular complexity index is 443. The number of hydrogen-bond donors (Lipinski definition) is 1. The summed E-state index contributed by atoms with van der Waals surface area (Å²) in [6, 6.07) is -0.0667. The maximum absolute atomic E-state index is 12.1. The molecule has 0 bridgehead atoms. The van der Waals surface area contributed by atoms with E-state index >= 15 is 0 Å². The molecule has 2 fully saturated rings. The Morgan fingerprint density at radius 2 is 1.78 bits per heavy atom. The van der Waals surface area contributed by atoms with Gasteiger partial charge in [-0.2, -0.15) is 0 Å². The van der Waals surface area contributed by atoms with Crippen molar-refractivity contribution in [2.24, 2.45) is 0 Å². The molecular weight excluding hydrogens is 298 g/mol. The van der Waals surface area contributed by atoms with Crippen LogP contribution in [0.3, 0.4) is 0 Å². The number of ether oxygens (including phenoxy) is 1. The minimum Gasteiger partial charge on any atom is -0.465 e. The first kappa shape index (κ1) is 17.7.